The smallest absolute Gasteiger partial charge is 0.289 e. The van der Waals surface area contributed by atoms with Crippen molar-refractivity contribution in [3.05, 3.63) is 116 Å². The molecule has 0 aliphatic heterocycles. The van der Waals surface area contributed by atoms with E-state index in [0.29, 0.717) is 5.56 Å². The van der Waals surface area contributed by atoms with Crippen LogP contribution < -0.4 is 0 Å². The summed E-state index contributed by atoms with van der Waals surface area (Å²) in [6, 6.07) is 5.55. The summed E-state index contributed by atoms with van der Waals surface area (Å²) in [5.74, 6) is 0.774. The topological polar surface area (TPSA) is 60.2 Å². The summed E-state index contributed by atoms with van der Waals surface area (Å²) in [6.07, 6.45) is 20.7. The van der Waals surface area contributed by atoms with E-state index >= 15 is 0 Å². The van der Waals surface area contributed by atoms with E-state index in [1.165, 1.54) is 30.3 Å². The Bertz CT molecular complexity index is 537. The molecule has 0 atom stereocenters. The zero-order chi connectivity index (χ0) is 16.5. The van der Waals surface area contributed by atoms with Gasteiger partial charge in [-0.1, -0.05) is 6.08 Å². The molecule has 0 aromatic heterocycles. The molecular formula is C19H15FeNO3+2. The normalized spacial score (nSPS) is 17.2. The molecule has 5 heteroatoms. The Kier molecular flexibility index (Phi) is 9.58. The molecule has 0 saturated heterocycles. The van der Waals surface area contributed by atoms with Gasteiger partial charge >= 0.3 is 17.1 Å². The molecule has 2 fully saturated rings. The van der Waals surface area contributed by atoms with E-state index in [1.54, 1.807) is 6.08 Å². The molecule has 0 unspecified atom stereocenters. The van der Waals surface area contributed by atoms with Crippen LogP contribution in [-0.2, 0) is 17.1 Å². The fourth-order valence-electron chi connectivity index (χ4n) is 1.84. The van der Waals surface area contributed by atoms with Gasteiger partial charge in [0.25, 0.3) is 5.69 Å². The van der Waals surface area contributed by atoms with Gasteiger partial charge in [-0.2, -0.15) is 0 Å². The molecule has 2 aliphatic carbocycles. The summed E-state index contributed by atoms with van der Waals surface area (Å²) in [4.78, 5) is 21.7. The van der Waals surface area contributed by atoms with Crippen molar-refractivity contribution in [1.29, 1.82) is 0 Å². The second-order valence-corrected chi connectivity index (χ2v) is 4.68. The maximum Gasteiger partial charge on any atom is 2.00 e. The molecule has 2 saturated carbocycles. The van der Waals surface area contributed by atoms with Crippen LogP contribution in [0.5, 0.6) is 0 Å². The van der Waals surface area contributed by atoms with Crippen molar-refractivity contribution in [3.63, 3.8) is 0 Å². The van der Waals surface area contributed by atoms with Gasteiger partial charge in [0.2, 0.25) is 0 Å². The third kappa shape index (κ3) is 6.98. The third-order valence-corrected chi connectivity index (χ3v) is 3.03. The second kappa shape index (κ2) is 11.2. The second-order valence-electron chi connectivity index (χ2n) is 4.68. The fourth-order valence-corrected chi connectivity index (χ4v) is 1.84. The Labute approximate surface area is 154 Å². The molecule has 0 amide bonds. The van der Waals surface area contributed by atoms with Crippen LogP contribution in [0.2, 0.25) is 0 Å². The third-order valence-electron chi connectivity index (χ3n) is 3.03. The number of ketones is 1. The zero-order valence-electron chi connectivity index (χ0n) is 12.7. The molecule has 24 heavy (non-hydrogen) atoms. The number of carbonyl (C=O) groups is 1. The van der Waals surface area contributed by atoms with Crippen LogP contribution in [0.3, 0.4) is 0 Å². The van der Waals surface area contributed by atoms with Gasteiger partial charge in [-0.15, -0.1) is 0 Å². The van der Waals surface area contributed by atoms with E-state index in [9.17, 15) is 14.9 Å². The maximum atomic E-state index is 11.8. The molecule has 120 valence electrons. The first-order valence-electron chi connectivity index (χ1n) is 7.02. The number of benzene rings is 1. The summed E-state index contributed by atoms with van der Waals surface area (Å²) in [6.45, 7) is 0. The first-order valence-corrected chi connectivity index (χ1v) is 7.02. The summed E-state index contributed by atoms with van der Waals surface area (Å²) in [5, 5.41) is 10.5. The zero-order valence-corrected chi connectivity index (χ0v) is 13.8. The number of rotatable bonds is 4. The predicted molar refractivity (Wildman–Crippen MR) is 88.5 cm³/mol. The van der Waals surface area contributed by atoms with Crippen LogP contribution >= 0.6 is 0 Å². The Morgan fingerprint density at radius 3 is 1.83 bits per heavy atom. The molecule has 0 spiro atoms. The largest absolute Gasteiger partial charge is 2.00 e. The van der Waals surface area contributed by atoms with Crippen molar-refractivity contribution in [1.82, 2.24) is 0 Å². The van der Waals surface area contributed by atoms with E-state index in [-0.39, 0.29) is 28.5 Å². The van der Waals surface area contributed by atoms with E-state index in [1.807, 2.05) is 57.8 Å². The van der Waals surface area contributed by atoms with Gasteiger partial charge in [-0.25, -0.2) is 0 Å². The van der Waals surface area contributed by atoms with E-state index in [2.05, 4.69) is 0 Å². The number of nitro benzene ring substituents is 1. The number of hydrogen-bond acceptors (Lipinski definition) is 3. The van der Waals surface area contributed by atoms with Crippen molar-refractivity contribution in [2.75, 3.05) is 0 Å². The molecule has 0 heterocycles. The monoisotopic (exact) mass is 361 g/mol. The van der Waals surface area contributed by atoms with Crippen LogP contribution in [-0.4, -0.2) is 10.7 Å². The van der Waals surface area contributed by atoms with Crippen LogP contribution in [0.15, 0.2) is 36.4 Å². The van der Waals surface area contributed by atoms with E-state index in [4.69, 9.17) is 0 Å². The van der Waals surface area contributed by atoms with Gasteiger partial charge in [0.15, 0.2) is 5.78 Å². The Morgan fingerprint density at radius 1 is 0.875 bits per heavy atom. The van der Waals surface area contributed by atoms with Crippen LogP contribution in [0.4, 0.5) is 5.69 Å². The molecule has 4 nitrogen and oxygen atoms in total. The van der Waals surface area contributed by atoms with Gasteiger partial charge in [0, 0.05) is 23.6 Å². The minimum absolute atomic E-state index is 0. The van der Waals surface area contributed by atoms with Crippen molar-refractivity contribution >= 4 is 11.5 Å². The number of nitro groups is 1. The van der Waals surface area contributed by atoms with Gasteiger partial charge in [-0.05, 0) is 76.0 Å². The van der Waals surface area contributed by atoms with Gasteiger partial charge in [-0.3, -0.25) is 14.9 Å². The summed E-state index contributed by atoms with van der Waals surface area (Å²) >= 11 is 0. The van der Waals surface area contributed by atoms with Crippen LogP contribution in [0, 0.1) is 73.8 Å². The first kappa shape index (κ1) is 20.6. The quantitative estimate of drug-likeness (QED) is 0.270. The summed E-state index contributed by atoms with van der Waals surface area (Å²) in [7, 11) is 0. The molecule has 1 aromatic carbocycles. The summed E-state index contributed by atoms with van der Waals surface area (Å²) < 4.78 is 0. The van der Waals surface area contributed by atoms with Crippen LogP contribution in [0.1, 0.15) is 10.4 Å². The van der Waals surface area contributed by atoms with Crippen molar-refractivity contribution in [2.45, 2.75) is 0 Å². The molecule has 3 rings (SSSR count). The minimum Gasteiger partial charge on any atom is -0.289 e. The predicted octanol–water partition coefficient (Wildman–Crippen LogP) is 3.76. The van der Waals surface area contributed by atoms with E-state index in [0.717, 1.165) is 5.92 Å². The van der Waals surface area contributed by atoms with Crippen molar-refractivity contribution < 1.29 is 26.8 Å². The number of carbonyl (C=O) groups excluding carboxylic acids is 1. The number of hydrogen-bond donors (Lipinski definition) is 0. The number of allylic oxidation sites excluding steroid dienone is 2. The molecular weight excluding hydrogens is 346 g/mol. The molecule has 2 aliphatic rings. The van der Waals surface area contributed by atoms with Gasteiger partial charge in [0.05, 0.1) is 4.92 Å². The standard InChI is InChI=1S/C14H10NO3.C5H5.Fe/c16-14(10-5-11-3-1-2-4-11)12-6-8-13(9-7-12)15(17)18;1-2-4-5-3-1;/h1-10H;1-5H;/q;;+2/b10-5+;;. The van der Waals surface area contributed by atoms with Crippen molar-refractivity contribution in [2.24, 2.45) is 0 Å². The number of non-ortho nitro benzene ring substituents is 1. The molecule has 0 N–H and O–H groups in total. The Balaban J connectivity index is 0.000000412. The first-order chi connectivity index (χ1) is 11.2. The van der Waals surface area contributed by atoms with Gasteiger partial charge < -0.3 is 0 Å². The van der Waals surface area contributed by atoms with Crippen LogP contribution in [0.25, 0.3) is 0 Å². The Morgan fingerprint density at radius 2 is 1.38 bits per heavy atom. The SMILES string of the molecule is O=C(/C=C/[C]1[CH][CH][CH][CH]1)c1ccc([N+](=O)[O-])cc1.[CH]1[CH][CH][CH][CH]1.[Fe+2]. The molecule has 1 aromatic rings. The Hall–Kier alpha value is -1.45. The summed E-state index contributed by atoms with van der Waals surface area (Å²) in [5.41, 5.74) is 0.412. The average molecular weight is 361 g/mol. The molecule has 0 bridgehead atoms. The van der Waals surface area contributed by atoms with Gasteiger partial charge in [0.1, 0.15) is 0 Å². The minimum atomic E-state index is -0.492. The molecule has 10 radical (unpaired) electrons. The average Bonchev–Trinajstić information content (AvgIpc) is 3.28. The van der Waals surface area contributed by atoms with Crippen molar-refractivity contribution in [3.8, 4) is 0 Å². The number of nitrogens with zero attached hydrogens (tertiary/aromatic N) is 1. The van der Waals surface area contributed by atoms with E-state index < -0.39 is 4.92 Å². The maximum absolute atomic E-state index is 11.8. The fraction of sp³-hybridized carbons (Fsp3) is 0.